The number of carbonyl (C=O) groups excluding carboxylic acids is 1. The van der Waals surface area contributed by atoms with Gasteiger partial charge < -0.3 is 20.5 Å². The van der Waals surface area contributed by atoms with Crippen LogP contribution in [0.1, 0.15) is 36.4 Å². The third-order valence-electron chi connectivity index (χ3n) is 5.73. The summed E-state index contributed by atoms with van der Waals surface area (Å²) < 4.78 is 10.5. The predicted molar refractivity (Wildman–Crippen MR) is 118 cm³/mol. The molecule has 1 unspecified atom stereocenters. The lowest BCUT2D eigenvalue weighted by Gasteiger charge is -2.24. The van der Waals surface area contributed by atoms with Crippen LogP contribution in [0.25, 0.3) is 0 Å². The largest absolute Gasteiger partial charge is 0.497 e. The molecule has 0 radical (unpaired) electrons. The molecular formula is C23H31ClN2O3. The summed E-state index contributed by atoms with van der Waals surface area (Å²) in [6, 6.07) is 15.8. The molecule has 0 aliphatic heterocycles. The van der Waals surface area contributed by atoms with Crippen molar-refractivity contribution >= 4 is 18.3 Å². The van der Waals surface area contributed by atoms with Crippen LogP contribution in [0.15, 0.2) is 48.5 Å². The van der Waals surface area contributed by atoms with Crippen molar-refractivity contribution in [3.63, 3.8) is 0 Å². The number of carbonyl (C=O) groups is 1. The minimum absolute atomic E-state index is 0. The van der Waals surface area contributed by atoms with E-state index in [-0.39, 0.29) is 36.2 Å². The van der Waals surface area contributed by atoms with Gasteiger partial charge in [-0.1, -0.05) is 30.7 Å². The van der Waals surface area contributed by atoms with Gasteiger partial charge in [0.2, 0.25) is 5.91 Å². The fourth-order valence-electron chi connectivity index (χ4n) is 4.03. The SMILES string of the molecule is COc1ccc(CC(NC(=O)[C@@H]2CCC[C@@H]2CN)c2ccc(OC)cc2)cc1.Cl. The Balaban J connectivity index is 0.00000300. The van der Waals surface area contributed by atoms with E-state index in [4.69, 9.17) is 15.2 Å². The van der Waals surface area contributed by atoms with Gasteiger partial charge in [-0.05, 0) is 67.1 Å². The molecule has 0 saturated heterocycles. The van der Waals surface area contributed by atoms with Gasteiger partial charge in [-0.2, -0.15) is 0 Å². The van der Waals surface area contributed by atoms with Gasteiger partial charge in [0.1, 0.15) is 11.5 Å². The number of halogens is 1. The lowest BCUT2D eigenvalue weighted by molar-refractivity contribution is -0.126. The van der Waals surface area contributed by atoms with E-state index in [1.54, 1.807) is 14.2 Å². The summed E-state index contributed by atoms with van der Waals surface area (Å²) in [5, 5.41) is 3.29. The average molecular weight is 419 g/mol. The Morgan fingerprint density at radius 3 is 2.17 bits per heavy atom. The van der Waals surface area contributed by atoms with E-state index in [0.717, 1.165) is 41.9 Å². The van der Waals surface area contributed by atoms with E-state index >= 15 is 0 Å². The van der Waals surface area contributed by atoms with Crippen LogP contribution >= 0.6 is 12.4 Å². The number of hydrogen-bond acceptors (Lipinski definition) is 4. The Labute approximate surface area is 179 Å². The number of amides is 1. The summed E-state index contributed by atoms with van der Waals surface area (Å²) in [4.78, 5) is 13.0. The summed E-state index contributed by atoms with van der Waals surface area (Å²) in [5.74, 6) is 2.05. The molecular weight excluding hydrogens is 388 g/mol. The molecule has 6 heteroatoms. The Kier molecular flexibility index (Phi) is 8.80. The van der Waals surface area contributed by atoms with Crippen molar-refractivity contribution in [3.8, 4) is 11.5 Å². The summed E-state index contributed by atoms with van der Waals surface area (Å²) >= 11 is 0. The minimum Gasteiger partial charge on any atom is -0.497 e. The summed E-state index contributed by atoms with van der Waals surface area (Å²) in [5.41, 5.74) is 8.09. The van der Waals surface area contributed by atoms with Crippen LogP contribution in [0.3, 0.4) is 0 Å². The van der Waals surface area contributed by atoms with Crippen LogP contribution < -0.4 is 20.5 Å². The first-order valence-electron chi connectivity index (χ1n) is 9.92. The number of nitrogens with two attached hydrogens (primary N) is 1. The van der Waals surface area contributed by atoms with Gasteiger partial charge in [0.05, 0.1) is 20.3 Å². The molecule has 3 atom stereocenters. The molecule has 2 aromatic carbocycles. The second-order valence-electron chi connectivity index (χ2n) is 7.42. The number of rotatable bonds is 8. The van der Waals surface area contributed by atoms with Crippen LogP contribution in [0.4, 0.5) is 0 Å². The van der Waals surface area contributed by atoms with Crippen molar-refractivity contribution in [1.29, 1.82) is 0 Å². The zero-order chi connectivity index (χ0) is 19.9. The smallest absolute Gasteiger partial charge is 0.223 e. The third-order valence-corrected chi connectivity index (χ3v) is 5.73. The summed E-state index contributed by atoms with van der Waals surface area (Å²) in [6.45, 7) is 0.573. The fourth-order valence-corrected chi connectivity index (χ4v) is 4.03. The standard InChI is InChI=1S/C23H30N2O3.ClH/c1-27-19-10-6-16(7-11-19)14-22(17-8-12-20(28-2)13-9-17)25-23(26)21-5-3-4-18(21)15-24;/h6-13,18,21-22H,3-5,14-15,24H2,1-2H3,(H,25,26);1H/t18-,21-,22?;/m1./s1. The molecule has 1 aliphatic carbocycles. The summed E-state index contributed by atoms with van der Waals surface area (Å²) in [7, 11) is 3.31. The molecule has 0 bridgehead atoms. The van der Waals surface area contributed by atoms with E-state index < -0.39 is 0 Å². The highest BCUT2D eigenvalue weighted by atomic mass is 35.5. The second kappa shape index (κ2) is 11.1. The highest BCUT2D eigenvalue weighted by Crippen LogP contribution is 2.32. The Morgan fingerprint density at radius 2 is 1.62 bits per heavy atom. The molecule has 5 nitrogen and oxygen atoms in total. The van der Waals surface area contributed by atoms with Crippen molar-refractivity contribution in [1.82, 2.24) is 5.32 Å². The maximum absolute atomic E-state index is 13.0. The van der Waals surface area contributed by atoms with Gasteiger partial charge in [-0.15, -0.1) is 12.4 Å². The van der Waals surface area contributed by atoms with Crippen LogP contribution in [0.2, 0.25) is 0 Å². The number of ether oxygens (including phenoxy) is 2. The van der Waals surface area contributed by atoms with Gasteiger partial charge in [-0.3, -0.25) is 4.79 Å². The first-order valence-corrected chi connectivity index (χ1v) is 9.92. The lowest BCUT2D eigenvalue weighted by Crippen LogP contribution is -2.38. The zero-order valence-corrected chi connectivity index (χ0v) is 17.9. The fraction of sp³-hybridized carbons (Fsp3) is 0.435. The first-order chi connectivity index (χ1) is 13.6. The maximum Gasteiger partial charge on any atom is 0.223 e. The molecule has 2 aromatic rings. The van der Waals surface area contributed by atoms with Gasteiger partial charge in [0, 0.05) is 5.92 Å². The molecule has 1 amide bonds. The van der Waals surface area contributed by atoms with Crippen molar-refractivity contribution in [2.75, 3.05) is 20.8 Å². The molecule has 1 saturated carbocycles. The quantitative estimate of drug-likeness (QED) is 0.681. The van der Waals surface area contributed by atoms with Crippen LogP contribution in [-0.2, 0) is 11.2 Å². The molecule has 0 aromatic heterocycles. The average Bonchev–Trinajstić information content (AvgIpc) is 3.23. The number of methoxy groups -OCH3 is 2. The lowest BCUT2D eigenvalue weighted by atomic mass is 9.93. The molecule has 3 N–H and O–H groups in total. The van der Waals surface area contributed by atoms with Gasteiger partial charge in [-0.25, -0.2) is 0 Å². The van der Waals surface area contributed by atoms with Crippen molar-refractivity contribution in [3.05, 3.63) is 59.7 Å². The molecule has 1 fully saturated rings. The molecule has 158 valence electrons. The Bertz CT molecular complexity index is 765. The topological polar surface area (TPSA) is 73.6 Å². The van der Waals surface area contributed by atoms with Gasteiger partial charge >= 0.3 is 0 Å². The monoisotopic (exact) mass is 418 g/mol. The number of nitrogens with one attached hydrogen (secondary N) is 1. The molecule has 1 aliphatic rings. The molecule has 29 heavy (non-hydrogen) atoms. The van der Waals surface area contributed by atoms with Gasteiger partial charge in [0.25, 0.3) is 0 Å². The molecule has 0 spiro atoms. The van der Waals surface area contributed by atoms with Crippen molar-refractivity contribution in [2.24, 2.45) is 17.6 Å². The Hall–Kier alpha value is -2.24. The van der Waals surface area contributed by atoms with E-state index in [1.165, 1.54) is 0 Å². The highest BCUT2D eigenvalue weighted by Gasteiger charge is 2.33. The second-order valence-corrected chi connectivity index (χ2v) is 7.42. The summed E-state index contributed by atoms with van der Waals surface area (Å²) in [6.07, 6.45) is 3.75. The molecule has 0 heterocycles. The van der Waals surface area contributed by atoms with Crippen LogP contribution in [0.5, 0.6) is 11.5 Å². The zero-order valence-electron chi connectivity index (χ0n) is 17.1. The normalized spacial score (nSPS) is 19.1. The van der Waals surface area contributed by atoms with Crippen LogP contribution in [0, 0.1) is 11.8 Å². The van der Waals surface area contributed by atoms with E-state index in [9.17, 15) is 4.79 Å². The van der Waals surface area contributed by atoms with E-state index in [2.05, 4.69) is 5.32 Å². The number of hydrogen-bond donors (Lipinski definition) is 2. The first kappa shape index (κ1) is 23.0. The van der Waals surface area contributed by atoms with Crippen molar-refractivity contribution < 1.29 is 14.3 Å². The number of benzene rings is 2. The molecule has 3 rings (SSSR count). The maximum atomic E-state index is 13.0. The van der Waals surface area contributed by atoms with Gasteiger partial charge in [0.15, 0.2) is 0 Å². The highest BCUT2D eigenvalue weighted by molar-refractivity contribution is 5.85. The minimum atomic E-state index is -0.106. The van der Waals surface area contributed by atoms with E-state index in [1.807, 2.05) is 48.5 Å². The van der Waals surface area contributed by atoms with E-state index in [0.29, 0.717) is 13.0 Å². The Morgan fingerprint density at radius 1 is 1.03 bits per heavy atom. The van der Waals surface area contributed by atoms with Crippen molar-refractivity contribution in [2.45, 2.75) is 31.7 Å². The third kappa shape index (κ3) is 5.87. The van der Waals surface area contributed by atoms with Crippen LogP contribution in [-0.4, -0.2) is 26.7 Å². The predicted octanol–water partition coefficient (Wildman–Crippen LogP) is 3.90.